The molecule has 6 heteroatoms. The van der Waals surface area contributed by atoms with Crippen LogP contribution in [0.5, 0.6) is 11.5 Å². The van der Waals surface area contributed by atoms with Crippen molar-refractivity contribution in [2.45, 2.75) is 18.9 Å². The third-order valence-electron chi connectivity index (χ3n) is 3.67. The lowest BCUT2D eigenvalue weighted by atomic mass is 10.1. The van der Waals surface area contributed by atoms with E-state index in [1.54, 1.807) is 0 Å². The van der Waals surface area contributed by atoms with Gasteiger partial charge < -0.3 is 19.7 Å². The third-order valence-corrected chi connectivity index (χ3v) is 3.67. The Hall–Kier alpha value is -1.66. The topological polar surface area (TPSA) is 50.8 Å². The summed E-state index contributed by atoms with van der Waals surface area (Å²) in [4.78, 5) is 12.7. The van der Waals surface area contributed by atoms with Crippen LogP contribution in [-0.4, -0.2) is 58.6 Å². The molecule has 1 saturated heterocycles. The van der Waals surface area contributed by atoms with Crippen molar-refractivity contribution >= 4 is 6.29 Å². The number of nitrogens with one attached hydrogen (secondary N) is 1. The first-order valence-corrected chi connectivity index (χ1v) is 7.27. The lowest BCUT2D eigenvalue weighted by Crippen LogP contribution is -2.39. The van der Waals surface area contributed by atoms with Crippen molar-refractivity contribution in [2.75, 3.05) is 41.4 Å². The average Bonchev–Trinajstić information content (AvgIpc) is 2.55. The molecule has 1 aliphatic heterocycles. The predicted molar refractivity (Wildman–Crippen MR) is 84.5 cm³/mol. The van der Waals surface area contributed by atoms with Gasteiger partial charge >= 0.3 is 0 Å². The molecule has 0 aliphatic carbocycles. The van der Waals surface area contributed by atoms with Gasteiger partial charge in [-0.15, -0.1) is 0 Å². The molecule has 2 rings (SSSR count). The second-order valence-electron chi connectivity index (χ2n) is 5.29. The number of benzene rings is 1. The van der Waals surface area contributed by atoms with Crippen molar-refractivity contribution in [2.24, 2.45) is 0 Å². The van der Waals surface area contributed by atoms with Gasteiger partial charge in [0.05, 0.1) is 19.8 Å². The minimum Gasteiger partial charge on any atom is -0.493 e. The Morgan fingerprint density at radius 2 is 1.73 bits per heavy atom. The van der Waals surface area contributed by atoms with Crippen LogP contribution in [0.1, 0.15) is 23.2 Å². The molecule has 1 aromatic carbocycles. The Bertz CT molecular complexity index is 475. The zero-order chi connectivity index (χ0) is 16.5. The van der Waals surface area contributed by atoms with Crippen molar-refractivity contribution in [3.63, 3.8) is 0 Å². The van der Waals surface area contributed by atoms with Crippen LogP contribution < -0.4 is 14.8 Å². The number of piperidine rings is 1. The Morgan fingerprint density at radius 3 is 2.14 bits per heavy atom. The molecular weight excluding hydrogens is 287 g/mol. The molecule has 0 unspecified atom stereocenters. The maximum absolute atomic E-state index is 13.0. The lowest BCUT2D eigenvalue weighted by Gasteiger charge is -2.28. The first kappa shape index (κ1) is 18.4. The van der Waals surface area contributed by atoms with Gasteiger partial charge in [0.15, 0.2) is 17.8 Å². The molecule has 0 radical (unpaired) electrons. The Balaban J connectivity index is 0.000000235. The number of aldehydes is 1. The summed E-state index contributed by atoms with van der Waals surface area (Å²) in [6, 6.07) is 3.23. The van der Waals surface area contributed by atoms with Crippen LogP contribution in [0.4, 0.5) is 4.39 Å². The fourth-order valence-corrected chi connectivity index (χ4v) is 2.28. The van der Waals surface area contributed by atoms with E-state index in [0.717, 1.165) is 12.1 Å². The number of hydrogen-bond donors (Lipinski definition) is 1. The van der Waals surface area contributed by atoms with Crippen molar-refractivity contribution in [3.8, 4) is 11.5 Å². The van der Waals surface area contributed by atoms with Gasteiger partial charge in [0.25, 0.3) is 0 Å². The van der Waals surface area contributed by atoms with Gasteiger partial charge in [-0.3, -0.25) is 4.79 Å². The van der Waals surface area contributed by atoms with Gasteiger partial charge in [-0.2, -0.15) is 0 Å². The number of ether oxygens (including phenoxy) is 2. The highest BCUT2D eigenvalue weighted by atomic mass is 19.1. The molecular formula is C16H25FN2O3. The number of methoxy groups -OCH3 is 2. The van der Waals surface area contributed by atoms with Crippen LogP contribution >= 0.6 is 0 Å². The molecule has 1 fully saturated rings. The zero-order valence-corrected chi connectivity index (χ0v) is 13.7. The normalized spacial score (nSPS) is 15.0. The molecule has 1 aromatic rings. The van der Waals surface area contributed by atoms with Crippen molar-refractivity contribution < 1.29 is 18.7 Å². The Labute approximate surface area is 131 Å². The summed E-state index contributed by atoms with van der Waals surface area (Å²) < 4.78 is 22.7. The van der Waals surface area contributed by atoms with Crippen molar-refractivity contribution in [1.29, 1.82) is 0 Å². The van der Waals surface area contributed by atoms with E-state index in [-0.39, 0.29) is 11.3 Å². The minimum atomic E-state index is -0.618. The smallest absolute Gasteiger partial charge is 0.163 e. The number of hydrogen-bond acceptors (Lipinski definition) is 5. The fourth-order valence-electron chi connectivity index (χ4n) is 2.28. The average molecular weight is 312 g/mol. The first-order chi connectivity index (χ1) is 10.5. The first-order valence-electron chi connectivity index (χ1n) is 7.27. The van der Waals surface area contributed by atoms with Gasteiger partial charge in [0.1, 0.15) is 5.82 Å². The maximum Gasteiger partial charge on any atom is 0.163 e. The standard InChI is InChI=1S/C9H9FO3.C7H16N2/c1-12-8-3-6(5-11)7(10)4-9(8)13-2;1-9(2)7-3-5-8-6-4-7/h3-5H,1-2H3;7-8H,3-6H2,1-2H3. The summed E-state index contributed by atoms with van der Waals surface area (Å²) in [5, 5.41) is 3.34. The van der Waals surface area contributed by atoms with Crippen LogP contribution in [-0.2, 0) is 0 Å². The zero-order valence-electron chi connectivity index (χ0n) is 13.7. The van der Waals surface area contributed by atoms with Crippen LogP contribution in [0.15, 0.2) is 12.1 Å². The monoisotopic (exact) mass is 312 g/mol. The van der Waals surface area contributed by atoms with Gasteiger partial charge in [-0.1, -0.05) is 0 Å². The number of carbonyl (C=O) groups excluding carboxylic acids is 1. The van der Waals surface area contributed by atoms with E-state index in [2.05, 4.69) is 24.3 Å². The Morgan fingerprint density at radius 1 is 1.18 bits per heavy atom. The second-order valence-corrected chi connectivity index (χ2v) is 5.29. The van der Waals surface area contributed by atoms with E-state index < -0.39 is 5.82 Å². The molecule has 5 nitrogen and oxygen atoms in total. The van der Waals surface area contributed by atoms with Crippen LogP contribution in [0.25, 0.3) is 0 Å². The van der Waals surface area contributed by atoms with E-state index in [0.29, 0.717) is 12.0 Å². The number of rotatable bonds is 4. The summed E-state index contributed by atoms with van der Waals surface area (Å²) >= 11 is 0. The maximum atomic E-state index is 13.0. The van der Waals surface area contributed by atoms with Gasteiger partial charge in [0.2, 0.25) is 0 Å². The van der Waals surface area contributed by atoms with Crippen LogP contribution in [0, 0.1) is 5.82 Å². The molecule has 0 bridgehead atoms. The predicted octanol–water partition coefficient (Wildman–Crippen LogP) is 1.96. The summed E-state index contributed by atoms with van der Waals surface area (Å²) in [5.41, 5.74) is -0.0438. The molecule has 22 heavy (non-hydrogen) atoms. The molecule has 0 spiro atoms. The highest BCUT2D eigenvalue weighted by Gasteiger charge is 2.13. The van der Waals surface area contributed by atoms with E-state index in [4.69, 9.17) is 9.47 Å². The molecule has 0 aromatic heterocycles. The summed E-state index contributed by atoms with van der Waals surface area (Å²) in [5.74, 6) is -0.00995. The minimum absolute atomic E-state index is 0.0438. The summed E-state index contributed by atoms with van der Waals surface area (Å²) in [7, 11) is 7.15. The molecule has 1 aliphatic rings. The number of nitrogens with zero attached hydrogens (tertiary/aromatic N) is 1. The molecule has 0 saturated carbocycles. The molecule has 0 amide bonds. The van der Waals surface area contributed by atoms with Crippen LogP contribution in [0.3, 0.4) is 0 Å². The van der Waals surface area contributed by atoms with Crippen LogP contribution in [0.2, 0.25) is 0 Å². The van der Waals surface area contributed by atoms with Crippen molar-refractivity contribution in [1.82, 2.24) is 10.2 Å². The summed E-state index contributed by atoms with van der Waals surface area (Å²) in [6.45, 7) is 2.39. The van der Waals surface area contributed by atoms with E-state index in [9.17, 15) is 9.18 Å². The number of carbonyl (C=O) groups is 1. The Kier molecular flexibility index (Phi) is 7.84. The number of halogens is 1. The van der Waals surface area contributed by atoms with Gasteiger partial charge in [-0.25, -0.2) is 4.39 Å². The summed E-state index contributed by atoms with van der Waals surface area (Å²) in [6.07, 6.45) is 3.05. The largest absolute Gasteiger partial charge is 0.493 e. The third kappa shape index (κ3) is 5.27. The molecule has 1 N–H and O–H groups in total. The van der Waals surface area contributed by atoms with E-state index in [1.807, 2.05) is 0 Å². The lowest BCUT2D eigenvalue weighted by molar-refractivity contribution is 0.111. The highest BCUT2D eigenvalue weighted by Crippen LogP contribution is 2.28. The SMILES string of the molecule is CN(C)C1CCNCC1.COc1cc(F)c(C=O)cc1OC. The van der Waals surface area contributed by atoms with Gasteiger partial charge in [0, 0.05) is 12.1 Å². The van der Waals surface area contributed by atoms with E-state index >= 15 is 0 Å². The molecule has 1 heterocycles. The molecule has 124 valence electrons. The fraction of sp³-hybridized carbons (Fsp3) is 0.562. The van der Waals surface area contributed by atoms with Gasteiger partial charge in [-0.05, 0) is 46.1 Å². The quantitative estimate of drug-likeness (QED) is 0.861. The molecule has 0 atom stereocenters. The van der Waals surface area contributed by atoms with E-state index in [1.165, 1.54) is 46.2 Å². The van der Waals surface area contributed by atoms with Crippen molar-refractivity contribution in [3.05, 3.63) is 23.5 Å². The highest BCUT2D eigenvalue weighted by molar-refractivity contribution is 5.76. The second kappa shape index (κ2) is 9.38.